The first kappa shape index (κ1) is 36.5. The highest BCUT2D eigenvalue weighted by Gasteiger charge is 2.50. The lowest BCUT2D eigenvalue weighted by atomic mass is 9.61. The third kappa shape index (κ3) is 8.86. The number of esters is 1. The van der Waals surface area contributed by atoms with Crippen LogP contribution in [0.2, 0.25) is 36.3 Å². The zero-order valence-corrected chi connectivity index (χ0v) is 32.2. The molecule has 0 N–H and O–H groups in total. The normalized spacial score (nSPS) is 30.9. The van der Waals surface area contributed by atoms with Gasteiger partial charge in [-0.3, -0.25) is 0 Å². The Labute approximate surface area is 267 Å². The van der Waals surface area contributed by atoms with E-state index >= 15 is 0 Å². The fraction of sp³-hybridized carbons (Fsp3) is 0.811. The Morgan fingerprint density at radius 1 is 0.953 bits per heavy atom. The molecule has 3 rings (SSSR count). The molecule has 3 aliphatic carbocycles. The molecule has 0 radical (unpaired) electrons. The minimum Gasteiger partial charge on any atom is -0.463 e. The van der Waals surface area contributed by atoms with Gasteiger partial charge in [0.05, 0.1) is 18.8 Å². The Morgan fingerprint density at radius 3 is 2.02 bits per heavy atom. The molecule has 0 saturated heterocycles. The molecule has 0 amide bonds. The van der Waals surface area contributed by atoms with Gasteiger partial charge in [-0.25, -0.2) is 4.79 Å². The Morgan fingerprint density at radius 2 is 1.51 bits per heavy atom. The van der Waals surface area contributed by atoms with Crippen molar-refractivity contribution in [2.24, 2.45) is 23.2 Å². The molecule has 0 bridgehead atoms. The number of fused-ring (bicyclic) bond motifs is 1. The van der Waals surface area contributed by atoms with Gasteiger partial charge in [0.15, 0.2) is 16.6 Å². The number of carbonyl (C=O) groups excluding carboxylic acids is 1. The molecule has 4 nitrogen and oxygen atoms in total. The molecule has 0 aromatic carbocycles. The van der Waals surface area contributed by atoms with Gasteiger partial charge in [0, 0.05) is 6.08 Å². The molecule has 0 aliphatic heterocycles. The maximum atomic E-state index is 12.0. The van der Waals surface area contributed by atoms with E-state index in [1.807, 2.05) is 6.92 Å². The van der Waals surface area contributed by atoms with Gasteiger partial charge in [-0.1, -0.05) is 84.8 Å². The van der Waals surface area contributed by atoms with Crippen LogP contribution >= 0.6 is 0 Å². The third-order valence-corrected chi connectivity index (χ3v) is 21.1. The summed E-state index contributed by atoms with van der Waals surface area (Å²) >= 11 is 0. The molecule has 3 aliphatic rings. The molecule has 246 valence electrons. The van der Waals surface area contributed by atoms with Gasteiger partial charge in [-0.15, -0.1) is 0 Å². The summed E-state index contributed by atoms with van der Waals surface area (Å²) in [5.74, 6) is 1.38. The van der Waals surface area contributed by atoms with Crippen molar-refractivity contribution in [2.75, 3.05) is 6.61 Å². The predicted molar refractivity (Wildman–Crippen MR) is 187 cm³/mol. The second-order valence-corrected chi connectivity index (χ2v) is 26.8. The van der Waals surface area contributed by atoms with Crippen LogP contribution in [-0.2, 0) is 18.4 Å². The van der Waals surface area contributed by atoms with Gasteiger partial charge in [0.1, 0.15) is 0 Å². The van der Waals surface area contributed by atoms with Crippen LogP contribution in [0.25, 0.3) is 0 Å². The second-order valence-electron chi connectivity index (χ2n) is 17.3. The molecule has 3 saturated carbocycles. The number of hydrogen-bond donors (Lipinski definition) is 0. The first-order chi connectivity index (χ1) is 19.7. The summed E-state index contributed by atoms with van der Waals surface area (Å²) in [6, 6.07) is 0. The summed E-state index contributed by atoms with van der Waals surface area (Å²) in [4.78, 5) is 12.0. The van der Waals surface area contributed by atoms with E-state index in [0.717, 1.165) is 19.3 Å². The third-order valence-electron chi connectivity index (χ3n) is 12.1. The fourth-order valence-corrected chi connectivity index (χ4v) is 10.3. The predicted octanol–water partition coefficient (Wildman–Crippen LogP) is 10.8. The van der Waals surface area contributed by atoms with Crippen LogP contribution in [0.3, 0.4) is 0 Å². The van der Waals surface area contributed by atoms with E-state index in [4.69, 9.17) is 13.6 Å². The van der Waals surface area contributed by atoms with Gasteiger partial charge < -0.3 is 13.6 Å². The van der Waals surface area contributed by atoms with Crippen LogP contribution in [0.4, 0.5) is 0 Å². The highest BCUT2D eigenvalue weighted by molar-refractivity contribution is 6.74. The number of rotatable bonds is 9. The molecule has 3 fully saturated rings. The lowest BCUT2D eigenvalue weighted by Crippen LogP contribution is -2.48. The molecule has 0 heterocycles. The maximum Gasteiger partial charge on any atom is 0.330 e. The van der Waals surface area contributed by atoms with Gasteiger partial charge in [-0.05, 0) is 118 Å². The Hall–Kier alpha value is -0.956. The number of allylic oxidation sites excluding steroid dienone is 4. The zero-order chi connectivity index (χ0) is 32.4. The zero-order valence-electron chi connectivity index (χ0n) is 30.2. The first-order valence-corrected chi connectivity index (χ1v) is 23.1. The largest absolute Gasteiger partial charge is 0.463 e. The van der Waals surface area contributed by atoms with E-state index in [0.29, 0.717) is 24.4 Å². The van der Waals surface area contributed by atoms with Crippen molar-refractivity contribution >= 4 is 22.6 Å². The summed E-state index contributed by atoms with van der Waals surface area (Å²) in [7, 11) is -3.78. The maximum absolute atomic E-state index is 12.0. The molecular weight excluding hydrogens is 565 g/mol. The van der Waals surface area contributed by atoms with E-state index in [1.54, 1.807) is 11.6 Å². The quantitative estimate of drug-likeness (QED) is 0.144. The average molecular weight is 631 g/mol. The molecule has 0 spiro atoms. The Bertz CT molecular complexity index is 1020. The smallest absolute Gasteiger partial charge is 0.330 e. The van der Waals surface area contributed by atoms with Crippen molar-refractivity contribution in [3.63, 3.8) is 0 Å². The van der Waals surface area contributed by atoms with Crippen molar-refractivity contribution in [3.05, 3.63) is 35.5 Å². The number of carbonyl (C=O) groups is 1. The number of ether oxygens (including phenoxy) is 1. The minimum absolute atomic E-state index is 0.195. The van der Waals surface area contributed by atoms with Gasteiger partial charge in [-0.2, -0.15) is 0 Å². The van der Waals surface area contributed by atoms with Crippen LogP contribution in [0, 0.1) is 23.2 Å². The van der Waals surface area contributed by atoms with E-state index in [-0.39, 0.29) is 33.7 Å². The first-order valence-electron chi connectivity index (χ1n) is 17.3. The molecule has 6 heteroatoms. The average Bonchev–Trinajstić information content (AvgIpc) is 3.21. The lowest BCUT2D eigenvalue weighted by Gasteiger charge is -2.45. The standard InChI is InChI=1S/C37H66O4Si2/c1-14-39-34(38)22-17-27(2)32-20-21-33-29(16-15-23-37(32,33)9)19-18-28-24-30(40-42(10,11)35(3,4)5)26-31(25-28)41-43(12,13)36(6,7)8/h17-19,22,27,30-33H,14-16,20-21,23-26H2,1-13H3/b22-17+,29-19+/t27-,30-,31-,32-,33+,37-/m1/s1. The van der Waals surface area contributed by atoms with Crippen LogP contribution in [0.5, 0.6) is 0 Å². The fourth-order valence-electron chi connectivity index (χ4n) is 7.55. The monoisotopic (exact) mass is 630 g/mol. The summed E-state index contributed by atoms with van der Waals surface area (Å²) in [5, 5.41) is 0.389. The van der Waals surface area contributed by atoms with Gasteiger partial charge >= 0.3 is 5.97 Å². The van der Waals surface area contributed by atoms with Crippen LogP contribution < -0.4 is 0 Å². The van der Waals surface area contributed by atoms with Crippen molar-refractivity contribution in [2.45, 2.75) is 162 Å². The van der Waals surface area contributed by atoms with Gasteiger partial charge in [0.25, 0.3) is 0 Å². The summed E-state index contributed by atoms with van der Waals surface area (Å²) in [5.41, 5.74) is 3.42. The van der Waals surface area contributed by atoms with Gasteiger partial charge in [0.2, 0.25) is 0 Å². The summed E-state index contributed by atoms with van der Waals surface area (Å²) in [6.07, 6.45) is 18.5. The Kier molecular flexibility index (Phi) is 11.7. The van der Waals surface area contributed by atoms with Crippen LogP contribution in [-0.4, -0.2) is 41.4 Å². The van der Waals surface area contributed by atoms with Crippen LogP contribution in [0.15, 0.2) is 35.5 Å². The molecule has 6 atom stereocenters. The SMILES string of the molecule is CCOC(=O)/C=C/[C@@H](C)[C@H]1CC[C@H]2/C(=C/C=C3C[C@@H](O[Si](C)(C)C(C)(C)C)C[C@H](O[Si](C)(C)C(C)(C)C)C3)CCC[C@]12C. The second kappa shape index (κ2) is 13.8. The highest BCUT2D eigenvalue weighted by Crippen LogP contribution is 2.59. The van der Waals surface area contributed by atoms with Crippen molar-refractivity contribution in [1.82, 2.24) is 0 Å². The van der Waals surface area contributed by atoms with E-state index < -0.39 is 16.6 Å². The molecule has 0 aromatic rings. The molecule has 0 aromatic heterocycles. The van der Waals surface area contributed by atoms with E-state index in [9.17, 15) is 4.79 Å². The topological polar surface area (TPSA) is 44.8 Å². The molecule has 0 unspecified atom stereocenters. The minimum atomic E-state index is -1.89. The van der Waals surface area contributed by atoms with Crippen molar-refractivity contribution < 1.29 is 18.4 Å². The highest BCUT2D eigenvalue weighted by atomic mass is 28.4. The van der Waals surface area contributed by atoms with Crippen molar-refractivity contribution in [3.8, 4) is 0 Å². The van der Waals surface area contributed by atoms with E-state index in [1.165, 1.54) is 37.7 Å². The molecular formula is C37H66O4Si2. The summed E-state index contributed by atoms with van der Waals surface area (Å²) < 4.78 is 19.2. The number of hydrogen-bond acceptors (Lipinski definition) is 4. The van der Waals surface area contributed by atoms with Crippen molar-refractivity contribution in [1.29, 1.82) is 0 Å². The van der Waals surface area contributed by atoms with Crippen LogP contribution in [0.1, 0.15) is 114 Å². The van der Waals surface area contributed by atoms with E-state index in [2.05, 4.69) is 99.8 Å². The lowest BCUT2D eigenvalue weighted by molar-refractivity contribution is -0.137. The Balaban J connectivity index is 1.84. The summed E-state index contributed by atoms with van der Waals surface area (Å²) in [6.45, 7) is 30.7. The molecule has 43 heavy (non-hydrogen) atoms.